The Hall–Kier alpha value is -2.14. The van der Waals surface area contributed by atoms with Crippen LogP contribution in [0, 0.1) is 13.8 Å². The number of sulfone groups is 1. The smallest absolute Gasteiger partial charge is 0.238 e. The minimum absolute atomic E-state index is 0.182. The number of aryl methyl sites for hydroxylation is 2. The standard InChI is InChI=1S/C19H21NO3S/c1-13-5-8-15(9-6-13)24(22,23)12-19(3)16-11-14(2)7-10-17(16)20(4)18(19)21/h5-11H,12H2,1-4H3/t19-/m1/s1. The van der Waals surface area contributed by atoms with Crippen LogP contribution in [0.4, 0.5) is 5.69 Å². The van der Waals surface area contributed by atoms with E-state index in [0.717, 1.165) is 22.4 Å². The predicted molar refractivity (Wildman–Crippen MR) is 95.2 cm³/mol. The van der Waals surface area contributed by atoms with E-state index in [-0.39, 0.29) is 16.6 Å². The molecule has 126 valence electrons. The van der Waals surface area contributed by atoms with Crippen LogP contribution in [0.1, 0.15) is 23.6 Å². The number of nitrogens with zero attached hydrogens (tertiary/aromatic N) is 1. The van der Waals surface area contributed by atoms with Gasteiger partial charge in [0.15, 0.2) is 9.84 Å². The largest absolute Gasteiger partial charge is 0.314 e. The number of carbonyl (C=O) groups is 1. The molecule has 0 spiro atoms. The first-order valence-corrected chi connectivity index (χ1v) is 9.49. The maximum Gasteiger partial charge on any atom is 0.238 e. The average Bonchev–Trinajstić information content (AvgIpc) is 2.69. The van der Waals surface area contributed by atoms with Crippen LogP contribution in [0.5, 0.6) is 0 Å². The summed E-state index contributed by atoms with van der Waals surface area (Å²) in [7, 11) is -1.88. The molecule has 0 N–H and O–H groups in total. The van der Waals surface area contributed by atoms with Gasteiger partial charge in [-0.3, -0.25) is 4.79 Å². The molecule has 1 amide bonds. The molecule has 0 fully saturated rings. The van der Waals surface area contributed by atoms with Crippen LogP contribution < -0.4 is 4.90 Å². The van der Waals surface area contributed by atoms with Crippen LogP contribution >= 0.6 is 0 Å². The molecule has 0 aromatic heterocycles. The molecule has 0 aliphatic carbocycles. The summed E-state index contributed by atoms with van der Waals surface area (Å²) < 4.78 is 25.8. The average molecular weight is 343 g/mol. The highest BCUT2D eigenvalue weighted by Gasteiger charge is 2.48. The number of hydrogen-bond acceptors (Lipinski definition) is 3. The minimum atomic E-state index is -3.58. The van der Waals surface area contributed by atoms with Crippen LogP contribution in [0.2, 0.25) is 0 Å². The molecule has 0 saturated carbocycles. The molecule has 2 aromatic carbocycles. The van der Waals surface area contributed by atoms with Gasteiger partial charge in [-0.25, -0.2) is 8.42 Å². The Morgan fingerprint density at radius 3 is 2.21 bits per heavy atom. The zero-order valence-electron chi connectivity index (χ0n) is 14.3. The van der Waals surface area contributed by atoms with Crippen molar-refractivity contribution in [2.45, 2.75) is 31.1 Å². The maximum atomic E-state index is 12.9. The SMILES string of the molecule is Cc1ccc(S(=O)(=O)C[C@@]2(C)C(=O)N(C)c3ccc(C)cc32)cc1. The van der Waals surface area contributed by atoms with Gasteiger partial charge in [0.1, 0.15) is 0 Å². The van der Waals surface area contributed by atoms with Crippen LogP contribution in [0.25, 0.3) is 0 Å². The first-order chi connectivity index (χ1) is 11.1. The number of carbonyl (C=O) groups excluding carboxylic acids is 1. The number of amides is 1. The second-order valence-corrected chi connectivity index (χ2v) is 8.78. The molecular formula is C19H21NO3S. The Kier molecular flexibility index (Phi) is 3.79. The lowest BCUT2D eigenvalue weighted by Gasteiger charge is -2.23. The third-order valence-electron chi connectivity index (χ3n) is 4.74. The number of anilines is 1. The number of hydrogen-bond donors (Lipinski definition) is 0. The zero-order valence-corrected chi connectivity index (χ0v) is 15.1. The molecule has 3 rings (SSSR count). The lowest BCUT2D eigenvalue weighted by molar-refractivity contribution is -0.121. The van der Waals surface area contributed by atoms with Crippen molar-refractivity contribution in [1.82, 2.24) is 0 Å². The van der Waals surface area contributed by atoms with Crippen molar-refractivity contribution < 1.29 is 13.2 Å². The number of fused-ring (bicyclic) bond motifs is 1. The Labute approximate surface area is 143 Å². The van der Waals surface area contributed by atoms with Crippen LogP contribution in [0.15, 0.2) is 47.4 Å². The number of likely N-dealkylation sites (N-methyl/N-ethyl adjacent to an activating group) is 1. The molecule has 4 nitrogen and oxygen atoms in total. The summed E-state index contributed by atoms with van der Waals surface area (Å²) in [5, 5.41) is 0. The van der Waals surface area contributed by atoms with E-state index in [9.17, 15) is 13.2 Å². The van der Waals surface area contributed by atoms with Gasteiger partial charge >= 0.3 is 0 Å². The molecule has 1 atom stereocenters. The van der Waals surface area contributed by atoms with E-state index in [0.29, 0.717) is 0 Å². The highest BCUT2D eigenvalue weighted by Crippen LogP contribution is 2.43. The second-order valence-electron chi connectivity index (χ2n) is 6.79. The van der Waals surface area contributed by atoms with E-state index in [1.165, 1.54) is 0 Å². The second kappa shape index (κ2) is 5.45. The summed E-state index contributed by atoms with van der Waals surface area (Å²) in [4.78, 5) is 14.6. The molecule has 0 radical (unpaired) electrons. The lowest BCUT2D eigenvalue weighted by atomic mass is 9.85. The summed E-state index contributed by atoms with van der Waals surface area (Å²) in [6.07, 6.45) is 0. The van der Waals surface area contributed by atoms with Crippen molar-refractivity contribution in [3.63, 3.8) is 0 Å². The van der Waals surface area contributed by atoms with Gasteiger partial charge in [0.05, 0.1) is 16.1 Å². The molecule has 0 bridgehead atoms. The van der Waals surface area contributed by atoms with Crippen molar-refractivity contribution in [2.24, 2.45) is 0 Å². The van der Waals surface area contributed by atoms with Gasteiger partial charge in [-0.05, 0) is 44.5 Å². The molecule has 1 heterocycles. The van der Waals surface area contributed by atoms with E-state index >= 15 is 0 Å². The molecule has 5 heteroatoms. The maximum absolute atomic E-state index is 12.9. The van der Waals surface area contributed by atoms with E-state index in [4.69, 9.17) is 0 Å². The Morgan fingerprint density at radius 2 is 1.58 bits per heavy atom. The topological polar surface area (TPSA) is 54.5 Å². The van der Waals surface area contributed by atoms with Gasteiger partial charge in [-0.2, -0.15) is 0 Å². The van der Waals surface area contributed by atoms with Gasteiger partial charge in [0, 0.05) is 12.7 Å². The van der Waals surface area contributed by atoms with Crippen molar-refractivity contribution in [1.29, 1.82) is 0 Å². The molecule has 24 heavy (non-hydrogen) atoms. The summed E-state index contributed by atoms with van der Waals surface area (Å²) in [5.41, 5.74) is 2.51. The Balaban J connectivity index is 2.07. The summed E-state index contributed by atoms with van der Waals surface area (Å²) >= 11 is 0. The minimum Gasteiger partial charge on any atom is -0.314 e. The predicted octanol–water partition coefficient (Wildman–Crippen LogP) is 3.01. The quantitative estimate of drug-likeness (QED) is 0.861. The van der Waals surface area contributed by atoms with Crippen molar-refractivity contribution in [3.8, 4) is 0 Å². The zero-order chi connectivity index (χ0) is 17.7. The van der Waals surface area contributed by atoms with Gasteiger partial charge in [0.25, 0.3) is 0 Å². The molecular weight excluding hydrogens is 322 g/mol. The van der Waals surface area contributed by atoms with E-state index in [1.54, 1.807) is 43.1 Å². The normalized spacial score (nSPS) is 20.3. The molecule has 1 aliphatic rings. The van der Waals surface area contributed by atoms with Crippen LogP contribution in [-0.2, 0) is 20.0 Å². The monoisotopic (exact) mass is 343 g/mol. The van der Waals surface area contributed by atoms with Crippen molar-refractivity contribution in [3.05, 3.63) is 59.2 Å². The van der Waals surface area contributed by atoms with Crippen molar-refractivity contribution in [2.75, 3.05) is 17.7 Å². The van der Waals surface area contributed by atoms with Gasteiger partial charge in [-0.1, -0.05) is 35.4 Å². The Bertz CT molecular complexity index is 916. The third-order valence-corrected chi connectivity index (χ3v) is 6.69. The third kappa shape index (κ3) is 2.53. The van der Waals surface area contributed by atoms with Crippen molar-refractivity contribution >= 4 is 21.4 Å². The fourth-order valence-corrected chi connectivity index (χ4v) is 5.08. The summed E-state index contributed by atoms with van der Waals surface area (Å²) in [6.45, 7) is 5.58. The number of rotatable bonds is 3. The summed E-state index contributed by atoms with van der Waals surface area (Å²) in [6, 6.07) is 12.5. The fraction of sp³-hybridized carbons (Fsp3) is 0.316. The highest BCUT2D eigenvalue weighted by atomic mass is 32.2. The lowest BCUT2D eigenvalue weighted by Crippen LogP contribution is -2.41. The van der Waals surface area contributed by atoms with Gasteiger partial charge in [-0.15, -0.1) is 0 Å². The molecule has 0 unspecified atom stereocenters. The van der Waals surface area contributed by atoms with E-state index in [2.05, 4.69) is 0 Å². The first-order valence-electron chi connectivity index (χ1n) is 7.84. The Morgan fingerprint density at radius 1 is 1.00 bits per heavy atom. The number of benzene rings is 2. The molecule has 1 aliphatic heterocycles. The van der Waals surface area contributed by atoms with Crippen LogP contribution in [-0.4, -0.2) is 27.1 Å². The van der Waals surface area contributed by atoms with Crippen LogP contribution in [0.3, 0.4) is 0 Å². The molecule has 0 saturated heterocycles. The van der Waals surface area contributed by atoms with Gasteiger partial charge < -0.3 is 4.90 Å². The summed E-state index contributed by atoms with van der Waals surface area (Å²) in [5.74, 6) is -0.415. The fourth-order valence-electron chi connectivity index (χ4n) is 3.33. The highest BCUT2D eigenvalue weighted by molar-refractivity contribution is 7.91. The first kappa shape index (κ1) is 16.7. The van der Waals surface area contributed by atoms with E-state index < -0.39 is 15.3 Å². The molecule has 2 aromatic rings. The van der Waals surface area contributed by atoms with E-state index in [1.807, 2.05) is 32.0 Å². The van der Waals surface area contributed by atoms with Gasteiger partial charge in [0.2, 0.25) is 5.91 Å².